The maximum atomic E-state index is 13.0. The van der Waals surface area contributed by atoms with E-state index >= 15 is 0 Å². The van der Waals surface area contributed by atoms with Crippen LogP contribution in [0.2, 0.25) is 0 Å². The summed E-state index contributed by atoms with van der Waals surface area (Å²) >= 11 is 1.47. The molecule has 3 rings (SSSR count). The molecule has 0 radical (unpaired) electrons. The largest absolute Gasteiger partial charge is 0.269 e. The molecule has 0 spiro atoms. The van der Waals surface area contributed by atoms with Crippen LogP contribution in [0, 0.1) is 17.0 Å². The van der Waals surface area contributed by atoms with E-state index in [1.54, 1.807) is 30.3 Å². The molecular formula is C16H16N2O4S2. The number of benzene rings is 2. The van der Waals surface area contributed by atoms with Crippen molar-refractivity contribution >= 4 is 27.5 Å². The average molecular weight is 364 g/mol. The second kappa shape index (κ2) is 6.54. The lowest BCUT2D eigenvalue weighted by Gasteiger charge is -2.23. The molecule has 0 saturated carbocycles. The number of rotatable bonds is 4. The van der Waals surface area contributed by atoms with E-state index in [2.05, 4.69) is 0 Å². The lowest BCUT2D eigenvalue weighted by atomic mass is 10.2. The molecule has 0 bridgehead atoms. The van der Waals surface area contributed by atoms with Gasteiger partial charge in [-0.2, -0.15) is 4.31 Å². The summed E-state index contributed by atoms with van der Waals surface area (Å²) in [4.78, 5) is 10.8. The fourth-order valence-corrected chi connectivity index (χ4v) is 6.00. The lowest BCUT2D eigenvalue weighted by molar-refractivity contribution is -0.384. The van der Waals surface area contributed by atoms with Gasteiger partial charge in [0.2, 0.25) is 10.0 Å². The Morgan fingerprint density at radius 3 is 2.67 bits per heavy atom. The van der Waals surface area contributed by atoms with Crippen molar-refractivity contribution in [2.45, 2.75) is 17.2 Å². The molecule has 1 aliphatic rings. The average Bonchev–Trinajstić information content (AvgIpc) is 3.05. The monoisotopic (exact) mass is 364 g/mol. The summed E-state index contributed by atoms with van der Waals surface area (Å²) < 4.78 is 27.4. The number of sulfonamides is 1. The van der Waals surface area contributed by atoms with E-state index in [1.807, 2.05) is 13.0 Å². The first-order valence-electron chi connectivity index (χ1n) is 7.34. The van der Waals surface area contributed by atoms with Crippen LogP contribution in [-0.4, -0.2) is 29.9 Å². The van der Waals surface area contributed by atoms with Crippen molar-refractivity contribution in [3.63, 3.8) is 0 Å². The Balaban J connectivity index is 1.99. The predicted molar refractivity (Wildman–Crippen MR) is 93.4 cm³/mol. The Kier molecular flexibility index (Phi) is 4.62. The van der Waals surface area contributed by atoms with Gasteiger partial charge in [-0.15, -0.1) is 11.8 Å². The molecule has 1 aliphatic heterocycles. The predicted octanol–water partition coefficient (Wildman–Crippen LogP) is 3.34. The molecular weight excluding hydrogens is 348 g/mol. The van der Waals surface area contributed by atoms with Gasteiger partial charge in [0.05, 0.1) is 15.2 Å². The molecule has 1 atom stereocenters. The Morgan fingerprint density at radius 1 is 1.21 bits per heavy atom. The van der Waals surface area contributed by atoms with Crippen LogP contribution >= 0.6 is 11.8 Å². The van der Waals surface area contributed by atoms with Gasteiger partial charge in [-0.05, 0) is 30.2 Å². The van der Waals surface area contributed by atoms with Gasteiger partial charge in [0.1, 0.15) is 0 Å². The van der Waals surface area contributed by atoms with Crippen LogP contribution in [-0.2, 0) is 10.0 Å². The Hall–Kier alpha value is -1.90. The zero-order valence-corrected chi connectivity index (χ0v) is 14.6. The minimum atomic E-state index is -3.65. The summed E-state index contributed by atoms with van der Waals surface area (Å²) in [5.41, 5.74) is 1.46. The van der Waals surface area contributed by atoms with E-state index in [4.69, 9.17) is 0 Å². The molecule has 0 aliphatic carbocycles. The normalized spacial score (nSPS) is 18.6. The second-order valence-electron chi connectivity index (χ2n) is 5.51. The molecule has 1 unspecified atom stereocenters. The number of hydrogen-bond acceptors (Lipinski definition) is 5. The van der Waals surface area contributed by atoms with E-state index in [0.29, 0.717) is 17.9 Å². The first-order valence-corrected chi connectivity index (χ1v) is 9.83. The highest BCUT2D eigenvalue weighted by Gasteiger charge is 2.37. The first-order chi connectivity index (χ1) is 11.4. The van der Waals surface area contributed by atoms with Crippen LogP contribution in [0.4, 0.5) is 5.69 Å². The summed E-state index contributed by atoms with van der Waals surface area (Å²) in [7, 11) is -3.65. The van der Waals surface area contributed by atoms with Crippen molar-refractivity contribution in [1.82, 2.24) is 4.31 Å². The van der Waals surface area contributed by atoms with E-state index in [-0.39, 0.29) is 10.6 Å². The smallest absolute Gasteiger partial charge is 0.258 e. The first kappa shape index (κ1) is 16.9. The molecule has 0 aromatic heterocycles. The molecule has 24 heavy (non-hydrogen) atoms. The zero-order valence-electron chi connectivity index (χ0n) is 13.0. The van der Waals surface area contributed by atoms with Crippen LogP contribution < -0.4 is 0 Å². The highest BCUT2D eigenvalue weighted by molar-refractivity contribution is 8.01. The summed E-state index contributed by atoms with van der Waals surface area (Å²) in [5, 5.41) is 10.5. The third kappa shape index (κ3) is 3.17. The van der Waals surface area contributed by atoms with E-state index in [1.165, 1.54) is 28.2 Å². The number of nitro benzene ring substituents is 1. The highest BCUT2D eigenvalue weighted by Crippen LogP contribution is 2.42. The van der Waals surface area contributed by atoms with Gasteiger partial charge in [0.15, 0.2) is 0 Å². The van der Waals surface area contributed by atoms with E-state index in [9.17, 15) is 18.5 Å². The van der Waals surface area contributed by atoms with Crippen molar-refractivity contribution in [2.24, 2.45) is 0 Å². The number of aryl methyl sites for hydroxylation is 1. The number of non-ortho nitro benzene ring substituents is 1. The fraction of sp³-hybridized carbons (Fsp3) is 0.250. The Bertz CT molecular complexity index is 883. The quantitative estimate of drug-likeness (QED) is 0.614. The van der Waals surface area contributed by atoms with E-state index in [0.717, 1.165) is 5.56 Å². The second-order valence-corrected chi connectivity index (χ2v) is 8.59. The Labute approximate surface area is 144 Å². The molecule has 8 heteroatoms. The van der Waals surface area contributed by atoms with Crippen molar-refractivity contribution in [3.05, 3.63) is 69.8 Å². The van der Waals surface area contributed by atoms with Crippen molar-refractivity contribution in [2.75, 3.05) is 12.3 Å². The minimum absolute atomic E-state index is 0.0343. The van der Waals surface area contributed by atoms with Gasteiger partial charge in [-0.25, -0.2) is 8.42 Å². The van der Waals surface area contributed by atoms with E-state index < -0.39 is 20.3 Å². The number of thioether (sulfide) groups is 1. The Morgan fingerprint density at radius 2 is 1.96 bits per heavy atom. The summed E-state index contributed by atoms with van der Waals surface area (Å²) in [6, 6.07) is 12.9. The molecule has 2 aromatic carbocycles. The third-order valence-corrected chi connectivity index (χ3v) is 7.07. The van der Waals surface area contributed by atoms with Crippen molar-refractivity contribution in [3.8, 4) is 0 Å². The van der Waals surface area contributed by atoms with Gasteiger partial charge in [0.25, 0.3) is 5.69 Å². The number of nitro groups is 1. The van der Waals surface area contributed by atoms with Crippen LogP contribution in [0.5, 0.6) is 0 Å². The van der Waals surface area contributed by atoms with Crippen LogP contribution in [0.1, 0.15) is 16.5 Å². The number of nitrogens with zero attached hydrogens (tertiary/aromatic N) is 2. The molecule has 1 fully saturated rings. The summed E-state index contributed by atoms with van der Waals surface area (Å²) in [6.45, 7) is 2.23. The SMILES string of the molecule is Cc1cccc(S(=O)(=O)N2CCSC2c2cccc([N+](=O)[O-])c2)c1. The fourth-order valence-electron chi connectivity index (χ4n) is 2.67. The van der Waals surface area contributed by atoms with Crippen LogP contribution in [0.3, 0.4) is 0 Å². The minimum Gasteiger partial charge on any atom is -0.258 e. The topological polar surface area (TPSA) is 80.5 Å². The molecule has 0 N–H and O–H groups in total. The molecule has 126 valence electrons. The summed E-state index contributed by atoms with van der Waals surface area (Å²) in [5.74, 6) is 0.651. The van der Waals surface area contributed by atoms with Gasteiger partial charge in [-0.3, -0.25) is 10.1 Å². The standard InChI is InChI=1S/C16H16N2O4S2/c1-12-4-2-7-15(10-12)24(21,22)17-8-9-23-16(17)13-5-3-6-14(11-13)18(19)20/h2-7,10-11,16H,8-9H2,1H3. The maximum absolute atomic E-state index is 13.0. The van der Waals surface area contributed by atoms with Crippen molar-refractivity contribution < 1.29 is 13.3 Å². The number of hydrogen-bond donors (Lipinski definition) is 0. The van der Waals surface area contributed by atoms with Gasteiger partial charge >= 0.3 is 0 Å². The third-order valence-electron chi connectivity index (χ3n) is 3.81. The lowest BCUT2D eigenvalue weighted by Crippen LogP contribution is -2.30. The molecule has 0 amide bonds. The highest BCUT2D eigenvalue weighted by atomic mass is 32.2. The van der Waals surface area contributed by atoms with Gasteiger partial charge in [-0.1, -0.05) is 24.3 Å². The van der Waals surface area contributed by atoms with Crippen LogP contribution in [0.25, 0.3) is 0 Å². The van der Waals surface area contributed by atoms with Gasteiger partial charge in [0, 0.05) is 24.4 Å². The molecule has 1 heterocycles. The molecule has 1 saturated heterocycles. The van der Waals surface area contributed by atoms with Gasteiger partial charge < -0.3 is 0 Å². The maximum Gasteiger partial charge on any atom is 0.269 e. The summed E-state index contributed by atoms with van der Waals surface area (Å²) in [6.07, 6.45) is 0. The zero-order chi connectivity index (χ0) is 17.3. The molecule has 2 aromatic rings. The van der Waals surface area contributed by atoms with Crippen molar-refractivity contribution in [1.29, 1.82) is 0 Å². The van der Waals surface area contributed by atoms with Crippen LogP contribution in [0.15, 0.2) is 53.4 Å². The molecule has 6 nitrogen and oxygen atoms in total.